The Morgan fingerprint density at radius 3 is 2.92 bits per heavy atom. The lowest BCUT2D eigenvalue weighted by Crippen LogP contribution is -2.32. The van der Waals surface area contributed by atoms with Crippen LogP contribution in [0.5, 0.6) is 0 Å². The van der Waals surface area contributed by atoms with Crippen molar-refractivity contribution in [3.05, 3.63) is 40.5 Å². The van der Waals surface area contributed by atoms with Crippen LogP contribution in [0.1, 0.15) is 23.7 Å². The summed E-state index contributed by atoms with van der Waals surface area (Å²) in [6, 6.07) is 7.22. The first kappa shape index (κ1) is 19.0. The van der Waals surface area contributed by atoms with E-state index >= 15 is 0 Å². The summed E-state index contributed by atoms with van der Waals surface area (Å²) in [4.78, 5) is 11.4. The molecule has 0 amide bonds. The highest BCUT2D eigenvalue weighted by Gasteiger charge is 2.28. The summed E-state index contributed by atoms with van der Waals surface area (Å²) in [7, 11) is -1.11. The average Bonchev–Trinajstić information content (AvgIpc) is 2.80. The molecule has 0 aliphatic carbocycles. The predicted octanol–water partition coefficient (Wildman–Crippen LogP) is 3.45. The maximum absolute atomic E-state index is 11.9. The zero-order valence-electron chi connectivity index (χ0n) is 13.6. The van der Waals surface area contributed by atoms with Crippen molar-refractivity contribution in [3.63, 3.8) is 0 Å². The molecule has 1 aliphatic heterocycles. The number of anilines is 2. The van der Waals surface area contributed by atoms with E-state index in [1.807, 2.05) is 40.3 Å². The number of halogens is 2. The molecule has 1 saturated heterocycles. The minimum atomic E-state index is -1.11. The summed E-state index contributed by atoms with van der Waals surface area (Å²) in [5.74, 6) is 0.990. The van der Waals surface area contributed by atoms with Crippen molar-refractivity contribution < 1.29 is 9.29 Å². The van der Waals surface area contributed by atoms with Crippen LogP contribution < -0.4 is 10.6 Å². The molecule has 25 heavy (non-hydrogen) atoms. The molecule has 2 N–H and O–H groups in total. The van der Waals surface area contributed by atoms with Crippen molar-refractivity contribution in [2.45, 2.75) is 24.3 Å². The SMILES string of the molecule is Cc1cc(N2CCCOC[C@H]2c2cc([S@+]([O-])I)ccc2Cl)nc(N)n1. The van der Waals surface area contributed by atoms with Crippen LogP contribution in [0.3, 0.4) is 0 Å². The highest BCUT2D eigenvalue weighted by Crippen LogP contribution is 2.35. The van der Waals surface area contributed by atoms with Crippen LogP contribution in [0.25, 0.3) is 0 Å². The summed E-state index contributed by atoms with van der Waals surface area (Å²) in [5.41, 5.74) is 7.52. The maximum Gasteiger partial charge on any atom is 0.255 e. The van der Waals surface area contributed by atoms with Crippen molar-refractivity contribution >= 4 is 52.9 Å². The van der Waals surface area contributed by atoms with Gasteiger partial charge in [0.05, 0.1) is 21.0 Å². The van der Waals surface area contributed by atoms with Crippen LogP contribution in [0.4, 0.5) is 11.8 Å². The Labute approximate surface area is 166 Å². The summed E-state index contributed by atoms with van der Waals surface area (Å²) in [6.07, 6.45) is 0.870. The number of nitrogens with zero attached hydrogens (tertiary/aromatic N) is 3. The van der Waals surface area contributed by atoms with E-state index in [4.69, 9.17) is 22.1 Å². The monoisotopic (exact) mass is 492 g/mol. The molecule has 6 nitrogen and oxygen atoms in total. The lowest BCUT2D eigenvalue weighted by atomic mass is 10.1. The zero-order valence-corrected chi connectivity index (χ0v) is 17.3. The van der Waals surface area contributed by atoms with E-state index in [1.165, 1.54) is 0 Å². The Bertz CT molecular complexity index is 745. The van der Waals surface area contributed by atoms with Crippen LogP contribution in [0.15, 0.2) is 29.2 Å². The molecule has 0 saturated carbocycles. The molecule has 2 aromatic rings. The van der Waals surface area contributed by atoms with E-state index in [1.54, 1.807) is 12.1 Å². The predicted molar refractivity (Wildman–Crippen MR) is 109 cm³/mol. The molecule has 2 heterocycles. The normalized spacial score (nSPS) is 19.5. The van der Waals surface area contributed by atoms with E-state index < -0.39 is 8.35 Å². The third-order valence-electron chi connectivity index (χ3n) is 4.00. The summed E-state index contributed by atoms with van der Waals surface area (Å²) in [5, 5.41) is 0.616. The third kappa shape index (κ3) is 4.48. The number of aryl methyl sites for hydroxylation is 1. The average molecular weight is 493 g/mol. The van der Waals surface area contributed by atoms with Gasteiger partial charge >= 0.3 is 0 Å². The summed E-state index contributed by atoms with van der Waals surface area (Å²) in [6.45, 7) is 3.79. The van der Waals surface area contributed by atoms with E-state index in [0.717, 1.165) is 34.9 Å². The molecule has 1 fully saturated rings. The highest BCUT2D eigenvalue weighted by molar-refractivity contribution is 14.2. The largest absolute Gasteiger partial charge is 0.604 e. The van der Waals surface area contributed by atoms with Gasteiger partial charge in [-0.2, -0.15) is 4.98 Å². The molecule has 0 unspecified atom stereocenters. The second-order valence-corrected chi connectivity index (χ2v) is 9.50. The van der Waals surface area contributed by atoms with Crippen molar-refractivity contribution in [1.82, 2.24) is 9.97 Å². The second kappa shape index (κ2) is 8.26. The van der Waals surface area contributed by atoms with Crippen LogP contribution in [-0.4, -0.2) is 34.3 Å². The number of rotatable bonds is 3. The smallest absolute Gasteiger partial charge is 0.255 e. The van der Waals surface area contributed by atoms with Gasteiger partial charge in [-0.15, -0.1) is 0 Å². The first-order chi connectivity index (χ1) is 12.0. The van der Waals surface area contributed by atoms with Crippen molar-refractivity contribution in [2.75, 3.05) is 30.4 Å². The Balaban J connectivity index is 2.05. The van der Waals surface area contributed by atoms with Gasteiger partial charge < -0.3 is 19.9 Å². The van der Waals surface area contributed by atoms with Crippen LogP contribution in [-0.2, 0) is 13.1 Å². The zero-order chi connectivity index (χ0) is 18.0. The Morgan fingerprint density at radius 1 is 1.40 bits per heavy atom. The van der Waals surface area contributed by atoms with Gasteiger partial charge in [0.1, 0.15) is 5.82 Å². The molecule has 1 aliphatic rings. The van der Waals surface area contributed by atoms with Crippen LogP contribution in [0.2, 0.25) is 5.02 Å². The molecule has 0 spiro atoms. The minimum Gasteiger partial charge on any atom is -0.604 e. The Kier molecular flexibility index (Phi) is 6.26. The summed E-state index contributed by atoms with van der Waals surface area (Å²) >= 11 is 8.35. The molecule has 9 heteroatoms. The van der Waals surface area contributed by atoms with E-state index in [9.17, 15) is 4.55 Å². The number of nitrogen functional groups attached to an aromatic ring is 1. The van der Waals surface area contributed by atoms with Gasteiger partial charge in [0.25, 0.3) is 21.2 Å². The lowest BCUT2D eigenvalue weighted by molar-refractivity contribution is 0.134. The first-order valence-corrected chi connectivity index (χ1v) is 11.9. The van der Waals surface area contributed by atoms with Crippen LogP contribution >= 0.6 is 32.8 Å². The van der Waals surface area contributed by atoms with E-state index in [2.05, 4.69) is 14.9 Å². The van der Waals surface area contributed by atoms with Gasteiger partial charge in [-0.25, -0.2) is 4.98 Å². The molecule has 1 aromatic heterocycles. The topological polar surface area (TPSA) is 87.3 Å². The number of hydrogen-bond donors (Lipinski definition) is 1. The summed E-state index contributed by atoms with van der Waals surface area (Å²) < 4.78 is 17.6. The molecule has 0 radical (unpaired) electrons. The fraction of sp³-hybridized carbons (Fsp3) is 0.375. The minimum absolute atomic E-state index is 0.136. The highest BCUT2D eigenvalue weighted by atomic mass is 127. The molecule has 134 valence electrons. The van der Waals surface area contributed by atoms with Gasteiger partial charge in [-0.1, -0.05) is 11.6 Å². The second-order valence-electron chi connectivity index (χ2n) is 5.77. The number of ether oxygens (including phenoxy) is 1. The fourth-order valence-corrected chi connectivity index (χ4v) is 4.37. The molecular weight excluding hydrogens is 475 g/mol. The standard InChI is InChI=1S/C16H18ClIN4O2S/c1-10-7-15(21-16(19)20-10)22-5-2-6-24-9-14(22)12-8-11(25(18)23)3-4-13(12)17/h3-4,7-8,14H,2,5-6,9H2,1H3,(H2,19,20,21)/t14-,25-/m0/s1. The number of hydrogen-bond acceptors (Lipinski definition) is 6. The van der Waals surface area contributed by atoms with Crippen LogP contribution in [0, 0.1) is 6.92 Å². The Morgan fingerprint density at radius 2 is 2.20 bits per heavy atom. The first-order valence-electron chi connectivity index (χ1n) is 7.78. The fourth-order valence-electron chi connectivity index (χ4n) is 2.91. The van der Waals surface area contributed by atoms with E-state index in [0.29, 0.717) is 18.2 Å². The van der Waals surface area contributed by atoms with Gasteiger partial charge in [-0.3, -0.25) is 0 Å². The van der Waals surface area contributed by atoms with E-state index in [-0.39, 0.29) is 12.0 Å². The molecular formula is C16H18ClIN4O2S. The van der Waals surface area contributed by atoms with Crippen molar-refractivity contribution in [2.24, 2.45) is 0 Å². The number of aromatic nitrogens is 2. The van der Waals surface area contributed by atoms with Gasteiger partial charge in [-0.05, 0) is 25.5 Å². The maximum atomic E-state index is 11.9. The van der Waals surface area contributed by atoms with Gasteiger partial charge in [0.2, 0.25) is 5.95 Å². The molecule has 1 aromatic carbocycles. The molecule has 2 atom stereocenters. The van der Waals surface area contributed by atoms with Crippen molar-refractivity contribution in [3.8, 4) is 0 Å². The quantitative estimate of drug-likeness (QED) is 0.522. The van der Waals surface area contributed by atoms with Crippen molar-refractivity contribution in [1.29, 1.82) is 0 Å². The molecule has 3 rings (SSSR count). The van der Waals surface area contributed by atoms with Gasteiger partial charge in [0, 0.05) is 41.6 Å². The molecule has 0 bridgehead atoms. The number of benzene rings is 1. The third-order valence-corrected chi connectivity index (χ3v) is 6.50. The van der Waals surface area contributed by atoms with Gasteiger partial charge in [0.15, 0.2) is 4.90 Å². The number of nitrogens with two attached hydrogens (primary N) is 1. The Hall–Kier alpha value is -0.810. The lowest BCUT2D eigenvalue weighted by Gasteiger charge is -2.31.